The molecule has 1 rings (SSSR count). The van der Waals surface area contributed by atoms with Crippen LogP contribution in [-0.4, -0.2) is 54.4 Å². The van der Waals surface area contributed by atoms with Crippen molar-refractivity contribution in [2.45, 2.75) is 32.7 Å². The molecule has 1 heterocycles. The Morgan fingerprint density at radius 2 is 2.22 bits per heavy atom. The summed E-state index contributed by atoms with van der Waals surface area (Å²) in [4.78, 5) is 24.4. The van der Waals surface area contributed by atoms with Crippen LogP contribution in [0.4, 0.5) is 4.79 Å². The Labute approximate surface area is 107 Å². The number of aliphatic carboxylic acids is 1. The van der Waals surface area contributed by atoms with E-state index in [0.717, 1.165) is 0 Å². The number of carbonyl (C=O) groups is 2. The highest BCUT2D eigenvalue weighted by Gasteiger charge is 2.31. The topological polar surface area (TPSA) is 78.9 Å². The van der Waals surface area contributed by atoms with Crippen LogP contribution in [0, 0.1) is 5.92 Å². The summed E-state index contributed by atoms with van der Waals surface area (Å²) in [5, 5.41) is 11.7. The first-order valence-electron chi connectivity index (χ1n) is 6.41. The van der Waals surface area contributed by atoms with Crippen LogP contribution in [0.25, 0.3) is 0 Å². The molecule has 0 saturated carbocycles. The Morgan fingerprint density at radius 3 is 2.78 bits per heavy atom. The van der Waals surface area contributed by atoms with E-state index in [-0.39, 0.29) is 18.0 Å². The van der Waals surface area contributed by atoms with Crippen molar-refractivity contribution in [3.63, 3.8) is 0 Å². The first-order chi connectivity index (χ1) is 8.56. The number of carboxylic acid groups (broad SMARTS) is 1. The van der Waals surface area contributed by atoms with Crippen LogP contribution < -0.4 is 5.32 Å². The third-order valence-electron chi connectivity index (χ3n) is 3.21. The van der Waals surface area contributed by atoms with Crippen LogP contribution in [0.3, 0.4) is 0 Å². The summed E-state index contributed by atoms with van der Waals surface area (Å²) in [6.45, 7) is 5.91. The summed E-state index contributed by atoms with van der Waals surface area (Å²) in [6, 6.07) is -0.169. The van der Waals surface area contributed by atoms with E-state index in [4.69, 9.17) is 9.84 Å². The van der Waals surface area contributed by atoms with Crippen molar-refractivity contribution in [3.8, 4) is 0 Å². The first-order valence-corrected chi connectivity index (χ1v) is 6.41. The molecule has 0 aromatic carbocycles. The monoisotopic (exact) mass is 258 g/mol. The molecule has 2 amide bonds. The normalized spacial score (nSPS) is 23.8. The van der Waals surface area contributed by atoms with Crippen LogP contribution in [0.5, 0.6) is 0 Å². The minimum Gasteiger partial charge on any atom is -0.481 e. The van der Waals surface area contributed by atoms with Gasteiger partial charge in [0.15, 0.2) is 0 Å². The van der Waals surface area contributed by atoms with E-state index in [1.807, 2.05) is 13.8 Å². The van der Waals surface area contributed by atoms with Gasteiger partial charge in [-0.15, -0.1) is 0 Å². The second-order valence-electron chi connectivity index (χ2n) is 4.53. The maximum atomic E-state index is 11.9. The number of carboxylic acids is 1. The predicted octanol–water partition coefficient (Wildman–Crippen LogP) is 0.918. The van der Waals surface area contributed by atoms with Crippen molar-refractivity contribution in [1.82, 2.24) is 10.2 Å². The van der Waals surface area contributed by atoms with Crippen molar-refractivity contribution in [2.75, 3.05) is 26.3 Å². The summed E-state index contributed by atoms with van der Waals surface area (Å²) in [5.74, 6) is -1.09. The fraction of sp³-hybridized carbons (Fsp3) is 0.833. The second-order valence-corrected chi connectivity index (χ2v) is 4.53. The summed E-state index contributed by atoms with van der Waals surface area (Å²) in [6.07, 6.45) is 1.05. The van der Waals surface area contributed by atoms with E-state index in [2.05, 4.69) is 5.32 Å². The van der Waals surface area contributed by atoms with Crippen LogP contribution in [0.15, 0.2) is 0 Å². The number of likely N-dealkylation sites (tertiary alicyclic amines) is 1. The lowest BCUT2D eigenvalue weighted by Crippen LogP contribution is -2.50. The smallest absolute Gasteiger partial charge is 0.317 e. The minimum absolute atomic E-state index is 0.0352. The van der Waals surface area contributed by atoms with Gasteiger partial charge in [0.25, 0.3) is 0 Å². The number of nitrogens with one attached hydrogen (secondary N) is 1. The molecule has 18 heavy (non-hydrogen) atoms. The number of piperidine rings is 1. The molecule has 6 heteroatoms. The van der Waals surface area contributed by atoms with E-state index < -0.39 is 5.97 Å². The molecular formula is C12H22N2O4. The highest BCUT2D eigenvalue weighted by Crippen LogP contribution is 2.22. The SMILES string of the molecule is CCOCCNC(=O)N1CCC(C(=O)O)CC1C. The summed E-state index contributed by atoms with van der Waals surface area (Å²) in [7, 11) is 0. The van der Waals surface area contributed by atoms with Gasteiger partial charge in [-0.05, 0) is 26.7 Å². The molecule has 0 aliphatic carbocycles. The average molecular weight is 258 g/mol. The summed E-state index contributed by atoms with van der Waals surface area (Å²) >= 11 is 0. The molecule has 1 fully saturated rings. The molecule has 0 spiro atoms. The van der Waals surface area contributed by atoms with Crippen molar-refractivity contribution < 1.29 is 19.4 Å². The Kier molecular flexibility index (Phi) is 5.91. The van der Waals surface area contributed by atoms with Crippen molar-refractivity contribution >= 4 is 12.0 Å². The first kappa shape index (κ1) is 14.8. The van der Waals surface area contributed by atoms with Gasteiger partial charge < -0.3 is 20.1 Å². The van der Waals surface area contributed by atoms with Crippen molar-refractivity contribution in [1.29, 1.82) is 0 Å². The fourth-order valence-corrected chi connectivity index (χ4v) is 2.17. The lowest BCUT2D eigenvalue weighted by molar-refractivity contribution is -0.143. The Hall–Kier alpha value is -1.30. The number of rotatable bonds is 5. The zero-order valence-corrected chi connectivity index (χ0v) is 11.0. The molecule has 1 aliphatic rings. The Balaban J connectivity index is 2.34. The van der Waals surface area contributed by atoms with Crippen LogP contribution in [0.2, 0.25) is 0 Å². The number of nitrogens with zero attached hydrogens (tertiary/aromatic N) is 1. The Morgan fingerprint density at radius 1 is 1.50 bits per heavy atom. The lowest BCUT2D eigenvalue weighted by Gasteiger charge is -2.36. The van der Waals surface area contributed by atoms with E-state index in [9.17, 15) is 9.59 Å². The van der Waals surface area contributed by atoms with Crippen molar-refractivity contribution in [3.05, 3.63) is 0 Å². The van der Waals surface area contributed by atoms with E-state index in [1.54, 1.807) is 4.90 Å². The summed E-state index contributed by atoms with van der Waals surface area (Å²) in [5.41, 5.74) is 0. The van der Waals surface area contributed by atoms with E-state index in [0.29, 0.717) is 39.1 Å². The third kappa shape index (κ3) is 4.18. The van der Waals surface area contributed by atoms with Gasteiger partial charge in [-0.1, -0.05) is 0 Å². The number of urea groups is 1. The minimum atomic E-state index is -0.766. The molecule has 2 atom stereocenters. The third-order valence-corrected chi connectivity index (χ3v) is 3.21. The fourth-order valence-electron chi connectivity index (χ4n) is 2.17. The quantitative estimate of drug-likeness (QED) is 0.719. The predicted molar refractivity (Wildman–Crippen MR) is 66.4 cm³/mol. The lowest BCUT2D eigenvalue weighted by atomic mass is 9.92. The number of hydrogen-bond acceptors (Lipinski definition) is 3. The van der Waals surface area contributed by atoms with Crippen LogP contribution >= 0.6 is 0 Å². The van der Waals surface area contributed by atoms with Gasteiger partial charge in [0, 0.05) is 25.7 Å². The molecule has 0 bridgehead atoms. The average Bonchev–Trinajstić information content (AvgIpc) is 2.34. The molecule has 0 radical (unpaired) electrons. The number of carbonyl (C=O) groups excluding carboxylic acids is 1. The van der Waals surface area contributed by atoms with Crippen LogP contribution in [-0.2, 0) is 9.53 Å². The molecule has 2 unspecified atom stereocenters. The molecular weight excluding hydrogens is 236 g/mol. The second kappa shape index (κ2) is 7.20. The van der Waals surface area contributed by atoms with Gasteiger partial charge in [0.2, 0.25) is 0 Å². The van der Waals surface area contributed by atoms with Gasteiger partial charge in [0.1, 0.15) is 0 Å². The van der Waals surface area contributed by atoms with Gasteiger partial charge in [-0.3, -0.25) is 4.79 Å². The molecule has 0 aromatic rings. The maximum absolute atomic E-state index is 11.9. The molecule has 6 nitrogen and oxygen atoms in total. The maximum Gasteiger partial charge on any atom is 0.317 e. The van der Waals surface area contributed by atoms with Gasteiger partial charge >= 0.3 is 12.0 Å². The van der Waals surface area contributed by atoms with E-state index >= 15 is 0 Å². The van der Waals surface area contributed by atoms with Crippen molar-refractivity contribution in [2.24, 2.45) is 5.92 Å². The number of amides is 2. The molecule has 0 aromatic heterocycles. The molecule has 2 N–H and O–H groups in total. The largest absolute Gasteiger partial charge is 0.481 e. The van der Waals surface area contributed by atoms with E-state index in [1.165, 1.54) is 0 Å². The summed E-state index contributed by atoms with van der Waals surface area (Å²) < 4.78 is 5.14. The molecule has 1 saturated heterocycles. The van der Waals surface area contributed by atoms with Gasteiger partial charge in [-0.2, -0.15) is 0 Å². The zero-order chi connectivity index (χ0) is 13.5. The van der Waals surface area contributed by atoms with Crippen LogP contribution in [0.1, 0.15) is 26.7 Å². The number of hydrogen-bond donors (Lipinski definition) is 2. The van der Waals surface area contributed by atoms with Gasteiger partial charge in [0.05, 0.1) is 12.5 Å². The molecule has 104 valence electrons. The Bertz CT molecular complexity index is 296. The highest BCUT2D eigenvalue weighted by atomic mass is 16.5. The standard InChI is InChI=1S/C12H22N2O4/c1-3-18-7-5-13-12(17)14-6-4-10(11(15)16)8-9(14)2/h9-10H,3-8H2,1-2H3,(H,13,17)(H,15,16). The number of ether oxygens (including phenoxy) is 1. The zero-order valence-electron chi connectivity index (χ0n) is 11.0. The van der Waals surface area contributed by atoms with Gasteiger partial charge in [-0.25, -0.2) is 4.79 Å². The molecule has 1 aliphatic heterocycles. The highest BCUT2D eigenvalue weighted by molar-refractivity contribution is 5.75.